The van der Waals surface area contributed by atoms with E-state index in [-0.39, 0.29) is 5.91 Å². The minimum absolute atomic E-state index is 0.107. The lowest BCUT2D eigenvalue weighted by molar-refractivity contribution is -0.113. The standard InChI is InChI=1S/C24H19ClN2OS/c1-16-7-11-19(12-8-16)26-24-27(20-13-9-17(2)10-14-20)23(28)22(29-24)15-18-5-3-4-6-21(18)25/h3-15H,1-2H3/b22-15+,26-24?. The summed E-state index contributed by atoms with van der Waals surface area (Å²) < 4.78 is 0. The molecule has 4 rings (SSSR count). The Morgan fingerprint density at radius 1 is 0.897 bits per heavy atom. The van der Waals surface area contributed by atoms with Gasteiger partial charge in [-0.15, -0.1) is 0 Å². The maximum Gasteiger partial charge on any atom is 0.271 e. The quantitative estimate of drug-likeness (QED) is 0.440. The minimum atomic E-state index is -0.107. The lowest BCUT2D eigenvalue weighted by Crippen LogP contribution is -2.28. The summed E-state index contributed by atoms with van der Waals surface area (Å²) in [5.74, 6) is -0.107. The number of nitrogens with zero attached hydrogens (tertiary/aromatic N) is 2. The molecule has 3 aromatic carbocycles. The number of halogens is 1. The molecule has 0 spiro atoms. The van der Waals surface area contributed by atoms with E-state index >= 15 is 0 Å². The van der Waals surface area contributed by atoms with Crippen molar-refractivity contribution in [2.45, 2.75) is 13.8 Å². The minimum Gasteiger partial charge on any atom is -0.268 e. The van der Waals surface area contributed by atoms with E-state index in [1.807, 2.05) is 92.7 Å². The summed E-state index contributed by atoms with van der Waals surface area (Å²) in [7, 11) is 0. The van der Waals surface area contributed by atoms with E-state index in [1.165, 1.54) is 17.3 Å². The smallest absolute Gasteiger partial charge is 0.268 e. The first-order chi connectivity index (χ1) is 14.0. The van der Waals surface area contributed by atoms with E-state index < -0.39 is 0 Å². The molecular weight excluding hydrogens is 400 g/mol. The fourth-order valence-corrected chi connectivity index (χ4v) is 4.12. The van der Waals surface area contributed by atoms with E-state index in [9.17, 15) is 4.79 Å². The molecule has 29 heavy (non-hydrogen) atoms. The normalized spacial score (nSPS) is 16.8. The van der Waals surface area contributed by atoms with Crippen LogP contribution in [0, 0.1) is 13.8 Å². The second-order valence-electron chi connectivity index (χ2n) is 6.84. The third-order valence-corrected chi connectivity index (χ3v) is 5.86. The van der Waals surface area contributed by atoms with Gasteiger partial charge >= 0.3 is 0 Å². The molecule has 144 valence electrons. The molecule has 0 radical (unpaired) electrons. The molecule has 1 saturated heterocycles. The number of hydrogen-bond acceptors (Lipinski definition) is 3. The molecule has 3 nitrogen and oxygen atoms in total. The number of anilines is 1. The fraction of sp³-hybridized carbons (Fsp3) is 0.0833. The number of carbonyl (C=O) groups excluding carboxylic acids is 1. The van der Waals surface area contributed by atoms with Gasteiger partial charge in [-0.25, -0.2) is 4.99 Å². The Morgan fingerprint density at radius 3 is 2.17 bits per heavy atom. The van der Waals surface area contributed by atoms with Gasteiger partial charge in [0.2, 0.25) is 0 Å². The third-order valence-electron chi connectivity index (χ3n) is 4.55. The van der Waals surface area contributed by atoms with Crippen LogP contribution in [0.1, 0.15) is 16.7 Å². The highest BCUT2D eigenvalue weighted by Crippen LogP contribution is 2.38. The molecule has 1 fully saturated rings. The highest BCUT2D eigenvalue weighted by atomic mass is 35.5. The van der Waals surface area contributed by atoms with Crippen molar-refractivity contribution in [1.82, 2.24) is 0 Å². The van der Waals surface area contributed by atoms with Crippen LogP contribution in [0.4, 0.5) is 11.4 Å². The molecule has 0 N–H and O–H groups in total. The number of benzene rings is 3. The van der Waals surface area contributed by atoms with Gasteiger partial charge in [0.15, 0.2) is 5.17 Å². The van der Waals surface area contributed by atoms with Crippen molar-refractivity contribution < 1.29 is 4.79 Å². The average Bonchev–Trinajstić information content (AvgIpc) is 3.01. The summed E-state index contributed by atoms with van der Waals surface area (Å²) in [5, 5.41) is 1.24. The maximum atomic E-state index is 13.3. The number of rotatable bonds is 3. The molecular formula is C24H19ClN2OS. The first-order valence-corrected chi connectivity index (χ1v) is 10.4. The topological polar surface area (TPSA) is 32.7 Å². The number of aryl methyl sites for hydroxylation is 2. The zero-order chi connectivity index (χ0) is 20.4. The monoisotopic (exact) mass is 418 g/mol. The van der Waals surface area contributed by atoms with E-state index in [2.05, 4.69) is 0 Å². The van der Waals surface area contributed by atoms with Crippen molar-refractivity contribution in [2.24, 2.45) is 4.99 Å². The summed E-state index contributed by atoms with van der Waals surface area (Å²) in [6.45, 7) is 4.06. The van der Waals surface area contributed by atoms with E-state index in [1.54, 1.807) is 4.90 Å². The summed E-state index contributed by atoms with van der Waals surface area (Å²) in [5.41, 5.74) is 4.71. The molecule has 1 amide bonds. The molecule has 5 heteroatoms. The summed E-state index contributed by atoms with van der Waals surface area (Å²) >= 11 is 7.65. The van der Waals surface area contributed by atoms with Crippen LogP contribution in [0.5, 0.6) is 0 Å². The number of aliphatic imine (C=N–C) groups is 1. The molecule has 0 aromatic heterocycles. The predicted molar refractivity (Wildman–Crippen MR) is 124 cm³/mol. The Morgan fingerprint density at radius 2 is 1.52 bits per heavy atom. The van der Waals surface area contributed by atoms with E-state index in [0.717, 1.165) is 22.5 Å². The second kappa shape index (κ2) is 8.27. The Bertz CT molecular complexity index is 1120. The number of amidine groups is 1. The van der Waals surface area contributed by atoms with Gasteiger partial charge in [-0.3, -0.25) is 9.69 Å². The Kier molecular flexibility index (Phi) is 5.56. The molecule has 0 atom stereocenters. The van der Waals surface area contributed by atoms with Crippen LogP contribution in [0.2, 0.25) is 5.02 Å². The van der Waals surface area contributed by atoms with E-state index in [0.29, 0.717) is 15.1 Å². The Balaban J connectivity index is 1.78. The van der Waals surface area contributed by atoms with Crippen molar-refractivity contribution in [1.29, 1.82) is 0 Å². The van der Waals surface area contributed by atoms with Crippen molar-refractivity contribution >= 4 is 51.9 Å². The zero-order valence-electron chi connectivity index (χ0n) is 16.1. The zero-order valence-corrected chi connectivity index (χ0v) is 17.7. The van der Waals surface area contributed by atoms with Gasteiger partial charge in [-0.1, -0.05) is 65.2 Å². The van der Waals surface area contributed by atoms with Gasteiger partial charge in [-0.2, -0.15) is 0 Å². The van der Waals surface area contributed by atoms with Crippen LogP contribution in [-0.2, 0) is 4.79 Å². The number of hydrogen-bond donors (Lipinski definition) is 0. The van der Waals surface area contributed by atoms with Crippen LogP contribution >= 0.6 is 23.4 Å². The van der Waals surface area contributed by atoms with Crippen molar-refractivity contribution in [2.75, 3.05) is 4.90 Å². The molecule has 0 bridgehead atoms. The molecule has 0 aliphatic carbocycles. The Hall–Kier alpha value is -2.82. The van der Waals surface area contributed by atoms with Crippen molar-refractivity contribution in [3.8, 4) is 0 Å². The fourth-order valence-electron chi connectivity index (χ4n) is 2.93. The van der Waals surface area contributed by atoms with Gasteiger partial charge in [-0.05, 0) is 67.6 Å². The third kappa shape index (κ3) is 4.29. The maximum absolute atomic E-state index is 13.3. The van der Waals surface area contributed by atoms with Gasteiger partial charge in [0.25, 0.3) is 5.91 Å². The summed E-state index contributed by atoms with van der Waals surface area (Å²) in [6, 6.07) is 23.3. The number of amides is 1. The molecule has 0 saturated carbocycles. The predicted octanol–water partition coefficient (Wildman–Crippen LogP) is 6.77. The number of thioether (sulfide) groups is 1. The molecule has 1 aliphatic heterocycles. The summed E-state index contributed by atoms with van der Waals surface area (Å²) in [6.07, 6.45) is 1.83. The highest BCUT2D eigenvalue weighted by molar-refractivity contribution is 8.19. The molecule has 1 heterocycles. The lowest BCUT2D eigenvalue weighted by atomic mass is 10.2. The van der Waals surface area contributed by atoms with Crippen molar-refractivity contribution in [3.05, 3.63) is 99.4 Å². The van der Waals surface area contributed by atoms with Gasteiger partial charge in [0, 0.05) is 5.02 Å². The van der Waals surface area contributed by atoms with Gasteiger partial charge in [0.05, 0.1) is 16.3 Å². The van der Waals surface area contributed by atoms with Crippen LogP contribution < -0.4 is 4.90 Å². The first-order valence-electron chi connectivity index (χ1n) is 9.22. The largest absolute Gasteiger partial charge is 0.271 e. The summed E-state index contributed by atoms with van der Waals surface area (Å²) in [4.78, 5) is 20.3. The van der Waals surface area contributed by atoms with Crippen molar-refractivity contribution in [3.63, 3.8) is 0 Å². The number of carbonyl (C=O) groups is 1. The molecule has 3 aromatic rings. The highest BCUT2D eigenvalue weighted by Gasteiger charge is 2.34. The lowest BCUT2D eigenvalue weighted by Gasteiger charge is -2.16. The first kappa shape index (κ1) is 19.5. The van der Waals surface area contributed by atoms with Crippen LogP contribution in [0.15, 0.2) is 82.7 Å². The second-order valence-corrected chi connectivity index (χ2v) is 8.25. The average molecular weight is 419 g/mol. The molecule has 0 unspecified atom stereocenters. The molecule has 1 aliphatic rings. The van der Waals surface area contributed by atoms with Crippen LogP contribution in [0.3, 0.4) is 0 Å². The van der Waals surface area contributed by atoms with Crippen LogP contribution in [-0.4, -0.2) is 11.1 Å². The van der Waals surface area contributed by atoms with Gasteiger partial charge in [0.1, 0.15) is 0 Å². The van der Waals surface area contributed by atoms with Crippen LogP contribution in [0.25, 0.3) is 6.08 Å². The van der Waals surface area contributed by atoms with E-state index in [4.69, 9.17) is 16.6 Å². The SMILES string of the molecule is Cc1ccc(N=C2S/C(=C/c3ccccc3Cl)C(=O)N2c2ccc(C)cc2)cc1. The Labute approximate surface area is 179 Å². The van der Waals surface area contributed by atoms with Gasteiger partial charge < -0.3 is 0 Å².